The van der Waals surface area contributed by atoms with Gasteiger partial charge in [0.25, 0.3) is 5.72 Å². The first kappa shape index (κ1) is 7.66. The fourth-order valence-electron chi connectivity index (χ4n) is 0.604. The average molecular weight is 169 g/mol. The molecule has 0 spiro atoms. The van der Waals surface area contributed by atoms with Gasteiger partial charge in [-0.25, -0.2) is 0 Å². The van der Waals surface area contributed by atoms with Gasteiger partial charge in [-0.1, -0.05) is 8.96 Å². The molecule has 0 aromatic rings. The third-order valence-electron chi connectivity index (χ3n) is 1.25. The molecule has 2 atom stereocenters. The molecular formula is C4H3ClF2N2O. The van der Waals surface area contributed by atoms with Crippen LogP contribution in [-0.4, -0.2) is 23.1 Å². The second kappa shape index (κ2) is 2.31. The van der Waals surface area contributed by atoms with Crippen LogP contribution in [0.4, 0.5) is 8.96 Å². The number of ether oxygens (including phenoxy) is 1. The second-order valence-corrected chi connectivity index (χ2v) is 2.11. The van der Waals surface area contributed by atoms with Crippen molar-refractivity contribution in [3.63, 3.8) is 0 Å². The van der Waals surface area contributed by atoms with Gasteiger partial charge in [-0.05, 0) is 0 Å². The Balaban J connectivity index is 2.61. The van der Waals surface area contributed by atoms with E-state index < -0.39 is 17.2 Å². The SMILES string of the molecule is N#CC1(N(F)F)OC1CCl. The van der Waals surface area contributed by atoms with Crippen LogP contribution < -0.4 is 0 Å². The quantitative estimate of drug-likeness (QED) is 0.350. The first-order chi connectivity index (χ1) is 4.67. The molecule has 1 fully saturated rings. The van der Waals surface area contributed by atoms with Crippen LogP contribution in [0.2, 0.25) is 0 Å². The molecule has 0 aromatic carbocycles. The molecule has 0 saturated carbocycles. The van der Waals surface area contributed by atoms with Gasteiger partial charge in [-0.3, -0.25) is 0 Å². The van der Waals surface area contributed by atoms with Crippen molar-refractivity contribution in [1.29, 1.82) is 5.26 Å². The van der Waals surface area contributed by atoms with Gasteiger partial charge in [0, 0.05) is 0 Å². The lowest BCUT2D eigenvalue weighted by Crippen LogP contribution is -2.26. The predicted molar refractivity (Wildman–Crippen MR) is 28.0 cm³/mol. The van der Waals surface area contributed by atoms with E-state index in [0.717, 1.165) is 0 Å². The molecule has 3 nitrogen and oxygen atoms in total. The van der Waals surface area contributed by atoms with Gasteiger partial charge in [0.15, 0.2) is 0 Å². The molecule has 0 amide bonds. The standard InChI is InChI=1S/C4H3ClF2N2O/c5-1-3-4(2-8,10-3)9(6)7/h3H,1H2. The van der Waals surface area contributed by atoms with Crippen molar-refractivity contribution in [1.82, 2.24) is 5.34 Å². The molecule has 0 aromatic heterocycles. The van der Waals surface area contributed by atoms with Gasteiger partial charge < -0.3 is 4.74 Å². The highest BCUT2D eigenvalue weighted by molar-refractivity contribution is 6.18. The summed E-state index contributed by atoms with van der Waals surface area (Å²) in [5.74, 6) is -0.0993. The summed E-state index contributed by atoms with van der Waals surface area (Å²) in [6, 6.07) is 1.32. The minimum atomic E-state index is -2.07. The molecule has 56 valence electrons. The predicted octanol–water partition coefficient (Wildman–Crippen LogP) is 0.915. The van der Waals surface area contributed by atoms with Crippen LogP contribution in [0.25, 0.3) is 0 Å². The zero-order valence-electron chi connectivity index (χ0n) is 4.72. The monoisotopic (exact) mass is 168 g/mol. The van der Waals surface area contributed by atoms with Crippen LogP contribution in [-0.2, 0) is 4.74 Å². The molecule has 2 unspecified atom stereocenters. The van der Waals surface area contributed by atoms with Crippen LogP contribution in [0.1, 0.15) is 0 Å². The van der Waals surface area contributed by atoms with E-state index in [1.54, 1.807) is 0 Å². The van der Waals surface area contributed by atoms with Gasteiger partial charge in [0.05, 0.1) is 11.2 Å². The molecule has 1 saturated heterocycles. The Morgan fingerprint density at radius 1 is 1.80 bits per heavy atom. The molecule has 0 N–H and O–H groups in total. The van der Waals surface area contributed by atoms with E-state index in [2.05, 4.69) is 4.74 Å². The highest BCUT2D eigenvalue weighted by atomic mass is 35.5. The third kappa shape index (κ3) is 0.850. The van der Waals surface area contributed by atoms with E-state index in [1.165, 1.54) is 6.07 Å². The van der Waals surface area contributed by atoms with Crippen LogP contribution in [0.3, 0.4) is 0 Å². The van der Waals surface area contributed by atoms with Crippen LogP contribution >= 0.6 is 11.6 Å². The molecule has 1 heterocycles. The van der Waals surface area contributed by atoms with E-state index in [4.69, 9.17) is 16.9 Å². The fraction of sp³-hybridized carbons (Fsp3) is 0.750. The number of epoxide rings is 1. The molecule has 10 heavy (non-hydrogen) atoms. The molecule has 0 aliphatic carbocycles. The number of alkyl halides is 1. The van der Waals surface area contributed by atoms with Gasteiger partial charge in [0.1, 0.15) is 12.2 Å². The fourth-order valence-corrected chi connectivity index (χ4v) is 0.876. The largest absolute Gasteiger partial charge is 0.331 e. The number of rotatable bonds is 2. The van der Waals surface area contributed by atoms with Gasteiger partial charge in [-0.15, -0.1) is 11.6 Å². The van der Waals surface area contributed by atoms with Crippen molar-refractivity contribution < 1.29 is 13.7 Å². The summed E-state index contributed by atoms with van der Waals surface area (Å²) < 4.78 is 27.8. The summed E-state index contributed by atoms with van der Waals surface area (Å²) in [7, 11) is 0. The lowest BCUT2D eigenvalue weighted by Gasteiger charge is -1.99. The number of hydrogen-bond acceptors (Lipinski definition) is 3. The average Bonchev–Trinajstić information content (AvgIpc) is 2.62. The third-order valence-corrected chi connectivity index (χ3v) is 1.53. The van der Waals surface area contributed by atoms with Crippen molar-refractivity contribution in [2.75, 3.05) is 5.88 Å². The van der Waals surface area contributed by atoms with Crippen molar-refractivity contribution in [2.45, 2.75) is 11.8 Å². The highest BCUT2D eigenvalue weighted by Gasteiger charge is 2.64. The Labute approximate surface area is 60.6 Å². The zero-order valence-corrected chi connectivity index (χ0v) is 5.48. The molecular weight excluding hydrogens is 166 g/mol. The molecule has 1 rings (SSSR count). The summed E-state index contributed by atoms with van der Waals surface area (Å²) in [6.45, 7) is 0. The summed E-state index contributed by atoms with van der Waals surface area (Å²) in [4.78, 5) is 0. The lowest BCUT2D eigenvalue weighted by atomic mass is 10.3. The highest BCUT2D eigenvalue weighted by Crippen LogP contribution is 2.40. The van der Waals surface area contributed by atoms with Gasteiger partial charge >= 0.3 is 0 Å². The van der Waals surface area contributed by atoms with Crippen molar-refractivity contribution in [2.24, 2.45) is 0 Å². The molecule has 0 bridgehead atoms. The first-order valence-electron chi connectivity index (χ1n) is 2.44. The maximum Gasteiger partial charge on any atom is 0.296 e. The topological polar surface area (TPSA) is 39.6 Å². The Kier molecular flexibility index (Phi) is 1.77. The van der Waals surface area contributed by atoms with Gasteiger partial charge in [-0.2, -0.15) is 5.26 Å². The molecule has 0 radical (unpaired) electrons. The number of halogens is 3. The molecule has 1 aliphatic rings. The van der Waals surface area contributed by atoms with E-state index in [0.29, 0.717) is 0 Å². The second-order valence-electron chi connectivity index (χ2n) is 1.80. The summed E-state index contributed by atoms with van der Waals surface area (Å²) in [6.07, 6.45) is -0.867. The molecule has 1 aliphatic heterocycles. The van der Waals surface area contributed by atoms with Crippen molar-refractivity contribution in [3.8, 4) is 6.07 Å². The Morgan fingerprint density at radius 2 is 2.40 bits per heavy atom. The minimum absolute atomic E-state index is 0.0993. The number of nitriles is 1. The normalized spacial score (nSPS) is 37.7. The Morgan fingerprint density at radius 3 is 2.50 bits per heavy atom. The van der Waals surface area contributed by atoms with Gasteiger partial charge in [0.2, 0.25) is 0 Å². The maximum absolute atomic E-state index is 11.7. The van der Waals surface area contributed by atoms with E-state index in [1.807, 2.05) is 0 Å². The van der Waals surface area contributed by atoms with Crippen molar-refractivity contribution in [3.05, 3.63) is 0 Å². The van der Waals surface area contributed by atoms with E-state index >= 15 is 0 Å². The summed E-state index contributed by atoms with van der Waals surface area (Å²) >= 11 is 5.17. The Bertz CT molecular complexity index is 183. The Hall–Kier alpha value is -0.440. The maximum atomic E-state index is 11.7. The number of nitrogens with zero attached hydrogens (tertiary/aromatic N) is 2. The first-order valence-corrected chi connectivity index (χ1v) is 2.97. The van der Waals surface area contributed by atoms with Crippen molar-refractivity contribution >= 4 is 11.6 Å². The minimum Gasteiger partial charge on any atom is -0.331 e. The van der Waals surface area contributed by atoms with E-state index in [-0.39, 0.29) is 5.88 Å². The van der Waals surface area contributed by atoms with E-state index in [9.17, 15) is 8.96 Å². The summed E-state index contributed by atoms with van der Waals surface area (Å²) in [5.41, 5.74) is -2.07. The zero-order chi connectivity index (χ0) is 7.78. The number of hydrogen-bond donors (Lipinski definition) is 0. The molecule has 6 heteroatoms. The van der Waals surface area contributed by atoms with Crippen LogP contribution in [0.5, 0.6) is 0 Å². The lowest BCUT2D eigenvalue weighted by molar-refractivity contribution is -0.209. The van der Waals surface area contributed by atoms with Crippen LogP contribution in [0.15, 0.2) is 0 Å². The van der Waals surface area contributed by atoms with Crippen LogP contribution in [0, 0.1) is 11.3 Å². The summed E-state index contributed by atoms with van der Waals surface area (Å²) in [5, 5.41) is 6.91. The smallest absolute Gasteiger partial charge is 0.296 e.